The van der Waals surface area contributed by atoms with Crippen LogP contribution < -0.4 is 10.6 Å². The van der Waals surface area contributed by atoms with Crippen LogP contribution in [0.25, 0.3) is 0 Å². The van der Waals surface area contributed by atoms with Gasteiger partial charge in [-0.25, -0.2) is 0 Å². The number of amides is 1. The Labute approximate surface area is 122 Å². The number of carbonyl (C=O) groups is 1. The molecule has 1 aliphatic heterocycles. The molecular formula is C15H30N2OS. The molecule has 4 heteroatoms. The van der Waals surface area contributed by atoms with E-state index in [0.717, 1.165) is 56.7 Å². The maximum Gasteiger partial charge on any atom is 0.227 e. The third-order valence-corrected chi connectivity index (χ3v) is 4.89. The Morgan fingerprint density at radius 3 is 2.84 bits per heavy atom. The van der Waals surface area contributed by atoms with E-state index in [1.807, 2.05) is 11.8 Å². The van der Waals surface area contributed by atoms with Crippen molar-refractivity contribution in [1.82, 2.24) is 10.6 Å². The van der Waals surface area contributed by atoms with Gasteiger partial charge in [0.15, 0.2) is 0 Å². The van der Waals surface area contributed by atoms with E-state index in [0.29, 0.717) is 6.04 Å². The van der Waals surface area contributed by atoms with Crippen LogP contribution in [0.3, 0.4) is 0 Å². The van der Waals surface area contributed by atoms with Crippen LogP contribution in [-0.4, -0.2) is 36.5 Å². The fourth-order valence-electron chi connectivity index (χ4n) is 2.82. The number of carbonyl (C=O) groups excluding carboxylic acids is 1. The minimum Gasteiger partial charge on any atom is -0.353 e. The monoisotopic (exact) mass is 286 g/mol. The molecule has 1 amide bonds. The topological polar surface area (TPSA) is 41.1 Å². The molecule has 19 heavy (non-hydrogen) atoms. The summed E-state index contributed by atoms with van der Waals surface area (Å²) in [6.07, 6.45) is 5.31. The van der Waals surface area contributed by atoms with Crippen LogP contribution in [-0.2, 0) is 4.79 Å². The summed E-state index contributed by atoms with van der Waals surface area (Å²) < 4.78 is 0. The van der Waals surface area contributed by atoms with E-state index in [9.17, 15) is 4.79 Å². The average Bonchev–Trinajstić information content (AvgIpc) is 2.40. The van der Waals surface area contributed by atoms with Gasteiger partial charge in [-0.1, -0.05) is 20.3 Å². The molecule has 2 unspecified atom stereocenters. The van der Waals surface area contributed by atoms with E-state index in [2.05, 4.69) is 31.4 Å². The lowest BCUT2D eigenvalue weighted by atomic mass is 9.76. The van der Waals surface area contributed by atoms with Crippen LogP contribution >= 0.6 is 11.8 Å². The van der Waals surface area contributed by atoms with Gasteiger partial charge in [-0.15, -0.1) is 0 Å². The van der Waals surface area contributed by atoms with Crippen molar-refractivity contribution in [3.05, 3.63) is 0 Å². The highest BCUT2D eigenvalue weighted by atomic mass is 32.2. The zero-order valence-corrected chi connectivity index (χ0v) is 13.6. The molecule has 0 aromatic rings. The van der Waals surface area contributed by atoms with Crippen LogP contribution in [0.2, 0.25) is 0 Å². The van der Waals surface area contributed by atoms with Crippen LogP contribution in [0.1, 0.15) is 52.9 Å². The Morgan fingerprint density at radius 2 is 2.26 bits per heavy atom. The molecule has 1 aliphatic rings. The van der Waals surface area contributed by atoms with Crippen molar-refractivity contribution in [2.75, 3.05) is 24.6 Å². The fourth-order valence-corrected chi connectivity index (χ4v) is 3.63. The van der Waals surface area contributed by atoms with Gasteiger partial charge in [0.25, 0.3) is 0 Å². The lowest BCUT2D eigenvalue weighted by Gasteiger charge is -2.37. The summed E-state index contributed by atoms with van der Waals surface area (Å²) in [7, 11) is 0. The van der Waals surface area contributed by atoms with E-state index in [-0.39, 0.29) is 11.3 Å². The van der Waals surface area contributed by atoms with E-state index >= 15 is 0 Å². The zero-order chi connectivity index (χ0) is 14.1. The van der Waals surface area contributed by atoms with Crippen LogP contribution in [0.5, 0.6) is 0 Å². The van der Waals surface area contributed by atoms with Crippen molar-refractivity contribution in [2.24, 2.45) is 5.41 Å². The first kappa shape index (κ1) is 16.8. The van der Waals surface area contributed by atoms with Gasteiger partial charge in [0, 0.05) is 12.6 Å². The molecular weight excluding hydrogens is 256 g/mol. The van der Waals surface area contributed by atoms with Crippen molar-refractivity contribution in [2.45, 2.75) is 58.9 Å². The molecule has 0 aliphatic carbocycles. The number of rotatable bonds is 8. The Kier molecular flexibility index (Phi) is 7.84. The van der Waals surface area contributed by atoms with Gasteiger partial charge in [-0.05, 0) is 50.7 Å². The van der Waals surface area contributed by atoms with Gasteiger partial charge in [-0.3, -0.25) is 4.79 Å². The van der Waals surface area contributed by atoms with Crippen molar-refractivity contribution < 1.29 is 4.79 Å². The second kappa shape index (κ2) is 8.85. The SMILES string of the molecule is CCCC1(C(=O)NC(C)CCSCC)CCCNC1. The molecule has 0 aromatic carbocycles. The van der Waals surface area contributed by atoms with Crippen molar-refractivity contribution in [1.29, 1.82) is 0 Å². The predicted octanol–water partition coefficient (Wildman–Crippen LogP) is 2.80. The van der Waals surface area contributed by atoms with Crippen LogP contribution in [0.15, 0.2) is 0 Å². The van der Waals surface area contributed by atoms with Crippen molar-refractivity contribution >= 4 is 17.7 Å². The number of hydrogen-bond acceptors (Lipinski definition) is 3. The predicted molar refractivity (Wildman–Crippen MR) is 84.7 cm³/mol. The van der Waals surface area contributed by atoms with Gasteiger partial charge in [0.05, 0.1) is 5.41 Å². The first-order valence-electron chi connectivity index (χ1n) is 7.74. The van der Waals surface area contributed by atoms with Crippen LogP contribution in [0.4, 0.5) is 0 Å². The second-order valence-electron chi connectivity index (χ2n) is 5.67. The summed E-state index contributed by atoms with van der Waals surface area (Å²) >= 11 is 1.94. The average molecular weight is 286 g/mol. The van der Waals surface area contributed by atoms with Gasteiger partial charge in [0.2, 0.25) is 5.91 Å². The lowest BCUT2D eigenvalue weighted by molar-refractivity contribution is -0.133. The van der Waals surface area contributed by atoms with E-state index in [4.69, 9.17) is 0 Å². The highest BCUT2D eigenvalue weighted by molar-refractivity contribution is 7.99. The Hall–Kier alpha value is -0.220. The molecule has 1 heterocycles. The quantitative estimate of drug-likeness (QED) is 0.674. The molecule has 2 N–H and O–H groups in total. The normalized spacial score (nSPS) is 25.0. The molecule has 0 saturated carbocycles. The largest absolute Gasteiger partial charge is 0.353 e. The molecule has 1 rings (SSSR count). The molecule has 0 spiro atoms. The standard InChI is InChI=1S/C15H30N2OS/c1-4-8-15(9-6-10-16-12-15)14(18)17-13(3)7-11-19-5-2/h13,16H,4-12H2,1-3H3,(H,17,18). The van der Waals surface area contributed by atoms with Crippen molar-refractivity contribution in [3.8, 4) is 0 Å². The Bertz CT molecular complexity index is 259. The number of thioether (sulfide) groups is 1. The fraction of sp³-hybridized carbons (Fsp3) is 0.933. The van der Waals surface area contributed by atoms with E-state index < -0.39 is 0 Å². The molecule has 2 atom stereocenters. The molecule has 0 bridgehead atoms. The Balaban J connectivity index is 2.47. The third-order valence-electron chi connectivity index (χ3n) is 3.96. The summed E-state index contributed by atoms with van der Waals surface area (Å²) in [5, 5.41) is 6.64. The lowest BCUT2D eigenvalue weighted by Crippen LogP contribution is -2.52. The van der Waals surface area contributed by atoms with Gasteiger partial charge >= 0.3 is 0 Å². The summed E-state index contributed by atoms with van der Waals surface area (Å²) in [5.41, 5.74) is -0.154. The van der Waals surface area contributed by atoms with Crippen molar-refractivity contribution in [3.63, 3.8) is 0 Å². The van der Waals surface area contributed by atoms with Gasteiger partial charge < -0.3 is 10.6 Å². The summed E-state index contributed by atoms with van der Waals surface area (Å²) in [5.74, 6) is 2.57. The first-order chi connectivity index (χ1) is 9.14. The molecule has 3 nitrogen and oxygen atoms in total. The molecule has 112 valence electrons. The summed E-state index contributed by atoms with van der Waals surface area (Å²) in [4.78, 5) is 12.6. The Morgan fingerprint density at radius 1 is 1.47 bits per heavy atom. The third kappa shape index (κ3) is 5.35. The van der Waals surface area contributed by atoms with Gasteiger partial charge in [-0.2, -0.15) is 11.8 Å². The highest BCUT2D eigenvalue weighted by Crippen LogP contribution is 2.32. The first-order valence-corrected chi connectivity index (χ1v) is 8.89. The number of nitrogens with one attached hydrogen (secondary N) is 2. The molecule has 1 fully saturated rings. The van der Waals surface area contributed by atoms with E-state index in [1.165, 1.54) is 0 Å². The zero-order valence-electron chi connectivity index (χ0n) is 12.8. The van der Waals surface area contributed by atoms with Gasteiger partial charge in [0.1, 0.15) is 0 Å². The summed E-state index contributed by atoms with van der Waals surface area (Å²) in [6.45, 7) is 8.39. The maximum absolute atomic E-state index is 12.6. The number of hydrogen-bond donors (Lipinski definition) is 2. The van der Waals surface area contributed by atoms with Crippen LogP contribution in [0, 0.1) is 5.41 Å². The van der Waals surface area contributed by atoms with E-state index in [1.54, 1.807) is 0 Å². The number of piperidine rings is 1. The minimum atomic E-state index is -0.154. The maximum atomic E-state index is 12.6. The minimum absolute atomic E-state index is 0.154. The highest BCUT2D eigenvalue weighted by Gasteiger charge is 2.38. The molecule has 0 aromatic heterocycles. The molecule has 0 radical (unpaired) electrons. The second-order valence-corrected chi connectivity index (χ2v) is 7.06. The molecule has 1 saturated heterocycles. The summed E-state index contributed by atoms with van der Waals surface area (Å²) in [6, 6.07) is 0.294. The smallest absolute Gasteiger partial charge is 0.227 e.